The van der Waals surface area contributed by atoms with Gasteiger partial charge in [-0.15, -0.1) is 0 Å². The van der Waals surface area contributed by atoms with Crippen LogP contribution in [0.2, 0.25) is 25.7 Å². The number of aromatic nitrogens is 1. The van der Waals surface area contributed by atoms with E-state index in [4.69, 9.17) is 4.74 Å². The first kappa shape index (κ1) is 25.1. The zero-order valence-corrected chi connectivity index (χ0v) is 22.6. The first-order chi connectivity index (χ1) is 16.5. The molecule has 184 valence electrons. The zero-order chi connectivity index (χ0) is 25.4. The Hall–Kier alpha value is -2.96. The Labute approximate surface area is 209 Å². The number of para-hydroxylation sites is 1. The summed E-state index contributed by atoms with van der Waals surface area (Å²) < 4.78 is 8.05. The summed E-state index contributed by atoms with van der Waals surface area (Å²) in [7, 11) is -1.21. The van der Waals surface area contributed by atoms with Crippen LogP contribution in [0.4, 0.5) is 0 Å². The summed E-state index contributed by atoms with van der Waals surface area (Å²) in [6, 6.07) is 18.7. The molecule has 1 atom stereocenters. The molecular formula is C29H36N2O3Si. The monoisotopic (exact) mass is 488 g/mol. The third-order valence-electron chi connectivity index (χ3n) is 6.82. The van der Waals surface area contributed by atoms with Gasteiger partial charge in [-0.25, -0.2) is 0 Å². The lowest BCUT2D eigenvalue weighted by Gasteiger charge is -2.36. The summed E-state index contributed by atoms with van der Waals surface area (Å²) >= 11 is 0. The quantitative estimate of drug-likeness (QED) is 0.142. The number of carbonyl (C=O) groups is 2. The van der Waals surface area contributed by atoms with Crippen LogP contribution in [0.1, 0.15) is 46.7 Å². The van der Waals surface area contributed by atoms with Crippen LogP contribution in [0.15, 0.2) is 66.7 Å². The van der Waals surface area contributed by atoms with Crippen molar-refractivity contribution in [2.45, 2.75) is 58.2 Å². The molecule has 0 fully saturated rings. The number of fused-ring (bicyclic) bond motifs is 2. The number of ketones is 1. The van der Waals surface area contributed by atoms with Gasteiger partial charge in [-0.1, -0.05) is 68.2 Å². The Bertz CT molecular complexity index is 1290. The van der Waals surface area contributed by atoms with Crippen molar-refractivity contribution in [1.82, 2.24) is 9.47 Å². The van der Waals surface area contributed by atoms with E-state index in [9.17, 15) is 9.59 Å². The molecule has 1 amide bonds. The molecule has 0 spiro atoms. The summed E-state index contributed by atoms with van der Waals surface area (Å²) in [5, 5.41) is 1.01. The maximum Gasteiger partial charge on any atom is 0.255 e. The maximum absolute atomic E-state index is 13.9. The van der Waals surface area contributed by atoms with Crippen LogP contribution < -0.4 is 0 Å². The van der Waals surface area contributed by atoms with Gasteiger partial charge < -0.3 is 14.2 Å². The number of rotatable bonds is 10. The number of benzene rings is 2. The highest BCUT2D eigenvalue weighted by atomic mass is 28.3. The fourth-order valence-corrected chi connectivity index (χ4v) is 5.64. The van der Waals surface area contributed by atoms with Gasteiger partial charge >= 0.3 is 0 Å². The second kappa shape index (κ2) is 9.59. The lowest BCUT2D eigenvalue weighted by molar-refractivity contribution is 0.0563. The van der Waals surface area contributed by atoms with Crippen molar-refractivity contribution in [3.63, 3.8) is 0 Å². The number of ether oxygens (including phenoxy) is 1. The van der Waals surface area contributed by atoms with Gasteiger partial charge in [0.05, 0.1) is 16.7 Å². The zero-order valence-electron chi connectivity index (χ0n) is 21.6. The largest absolute Gasteiger partial charge is 0.361 e. The summed E-state index contributed by atoms with van der Waals surface area (Å²) in [6.07, 6.45) is 0.189. The second-order valence-corrected chi connectivity index (χ2v) is 16.8. The van der Waals surface area contributed by atoms with E-state index in [-0.39, 0.29) is 18.1 Å². The molecule has 4 rings (SSSR count). The van der Waals surface area contributed by atoms with Crippen LogP contribution >= 0.6 is 0 Å². The Morgan fingerprint density at radius 1 is 1.09 bits per heavy atom. The molecule has 1 aliphatic heterocycles. The van der Waals surface area contributed by atoms with Crippen molar-refractivity contribution in [1.29, 1.82) is 0 Å². The second-order valence-electron chi connectivity index (χ2n) is 11.1. The van der Waals surface area contributed by atoms with E-state index >= 15 is 0 Å². The van der Waals surface area contributed by atoms with Crippen LogP contribution in [0, 0.1) is 0 Å². The van der Waals surface area contributed by atoms with Crippen molar-refractivity contribution < 1.29 is 14.3 Å². The SMILES string of the molecule is C=C(C)CN1C(=O)c2ccccc2[C@]1(C)CC(=O)c1cc2ccccc2n1COCC[Si](C)(C)C. The fourth-order valence-electron chi connectivity index (χ4n) is 4.88. The minimum Gasteiger partial charge on any atom is -0.361 e. The molecule has 6 heteroatoms. The van der Waals surface area contributed by atoms with Crippen molar-refractivity contribution in [2.75, 3.05) is 13.2 Å². The van der Waals surface area contributed by atoms with Crippen LogP contribution in [0.3, 0.4) is 0 Å². The first-order valence-electron chi connectivity index (χ1n) is 12.3. The molecule has 0 radical (unpaired) electrons. The average Bonchev–Trinajstić information content (AvgIpc) is 3.26. The van der Waals surface area contributed by atoms with E-state index in [2.05, 4.69) is 26.2 Å². The van der Waals surface area contributed by atoms with E-state index in [1.807, 2.05) is 73.0 Å². The third-order valence-corrected chi connectivity index (χ3v) is 8.53. The number of Topliss-reactive ketones (excluding diaryl/α,β-unsaturated/α-hetero) is 1. The molecule has 5 nitrogen and oxygen atoms in total. The predicted molar refractivity (Wildman–Crippen MR) is 145 cm³/mol. The van der Waals surface area contributed by atoms with Crippen molar-refractivity contribution in [2.24, 2.45) is 0 Å². The predicted octanol–water partition coefficient (Wildman–Crippen LogP) is 6.47. The van der Waals surface area contributed by atoms with Gasteiger partial charge in [0.1, 0.15) is 6.73 Å². The molecule has 0 N–H and O–H groups in total. The van der Waals surface area contributed by atoms with Gasteiger partial charge in [-0.3, -0.25) is 9.59 Å². The normalized spacial score (nSPS) is 17.7. The highest BCUT2D eigenvalue weighted by Gasteiger charge is 2.47. The summed E-state index contributed by atoms with van der Waals surface area (Å²) in [6.45, 7) is 16.3. The fraction of sp³-hybridized carbons (Fsp3) is 0.379. The van der Waals surface area contributed by atoms with Gasteiger partial charge in [0.25, 0.3) is 5.91 Å². The average molecular weight is 489 g/mol. The molecule has 0 aliphatic carbocycles. The topological polar surface area (TPSA) is 51.5 Å². The lowest BCUT2D eigenvalue weighted by Crippen LogP contribution is -2.44. The smallest absolute Gasteiger partial charge is 0.255 e. The maximum atomic E-state index is 13.9. The van der Waals surface area contributed by atoms with Gasteiger partial charge in [0.15, 0.2) is 5.78 Å². The number of hydrogen-bond acceptors (Lipinski definition) is 3. The van der Waals surface area contributed by atoms with Gasteiger partial charge in [0.2, 0.25) is 0 Å². The Morgan fingerprint density at radius 3 is 2.49 bits per heavy atom. The highest BCUT2D eigenvalue weighted by molar-refractivity contribution is 6.76. The van der Waals surface area contributed by atoms with E-state index in [1.165, 1.54) is 0 Å². The Kier molecular flexibility index (Phi) is 6.89. The van der Waals surface area contributed by atoms with Crippen molar-refractivity contribution in [3.05, 3.63) is 83.6 Å². The first-order valence-corrected chi connectivity index (χ1v) is 16.0. The number of amides is 1. The van der Waals surface area contributed by atoms with E-state index in [0.29, 0.717) is 31.1 Å². The van der Waals surface area contributed by atoms with Gasteiger partial charge in [0, 0.05) is 38.6 Å². The van der Waals surface area contributed by atoms with Crippen LogP contribution in [0.25, 0.3) is 10.9 Å². The molecule has 0 unspecified atom stereocenters. The van der Waals surface area contributed by atoms with Gasteiger partial charge in [-0.2, -0.15) is 0 Å². The number of nitrogens with zero attached hydrogens (tertiary/aromatic N) is 2. The summed E-state index contributed by atoms with van der Waals surface area (Å²) in [5.74, 6) is -0.0529. The molecule has 2 heterocycles. The number of carbonyl (C=O) groups excluding carboxylic acids is 2. The molecule has 3 aromatic rings. The molecule has 2 aromatic carbocycles. The molecule has 0 saturated heterocycles. The molecular weight excluding hydrogens is 452 g/mol. The summed E-state index contributed by atoms with van der Waals surface area (Å²) in [4.78, 5) is 29.0. The highest BCUT2D eigenvalue weighted by Crippen LogP contribution is 2.42. The van der Waals surface area contributed by atoms with E-state index < -0.39 is 13.6 Å². The standard InChI is InChI=1S/C29H36N2O3Si/c1-21(2)19-31-28(33)23-12-8-9-13-24(23)29(31,3)18-27(32)26-17-22-11-7-10-14-25(22)30(26)20-34-15-16-35(4,5)6/h7-14,17H,1,15-16,18-20H2,2-6H3/t29-/m0/s1. The Balaban J connectivity index is 1.67. The third kappa shape index (κ3) is 5.04. The molecule has 0 saturated carbocycles. The minimum atomic E-state index is -1.21. The van der Waals surface area contributed by atoms with Crippen molar-refractivity contribution >= 4 is 30.7 Å². The Morgan fingerprint density at radius 2 is 1.77 bits per heavy atom. The van der Waals surface area contributed by atoms with Crippen LogP contribution in [-0.2, 0) is 17.0 Å². The molecule has 35 heavy (non-hydrogen) atoms. The lowest BCUT2D eigenvalue weighted by atomic mass is 9.85. The molecule has 1 aromatic heterocycles. The molecule has 0 bridgehead atoms. The van der Waals surface area contributed by atoms with Crippen LogP contribution in [-0.4, -0.2) is 42.4 Å². The van der Waals surface area contributed by atoms with Gasteiger partial charge in [-0.05, 0) is 43.7 Å². The van der Waals surface area contributed by atoms with Crippen molar-refractivity contribution in [3.8, 4) is 0 Å². The van der Waals surface area contributed by atoms with E-state index in [0.717, 1.165) is 28.1 Å². The number of hydrogen-bond donors (Lipinski definition) is 0. The minimum absolute atomic E-state index is 0.00582. The van der Waals surface area contributed by atoms with Crippen LogP contribution in [0.5, 0.6) is 0 Å². The van der Waals surface area contributed by atoms with E-state index in [1.54, 1.807) is 4.90 Å². The summed E-state index contributed by atoms with van der Waals surface area (Å²) in [5.41, 5.74) is 3.30. The molecule has 1 aliphatic rings.